The summed E-state index contributed by atoms with van der Waals surface area (Å²) in [7, 11) is 2.62. The quantitative estimate of drug-likeness (QED) is 0.422. The number of aryl methyl sites for hydroxylation is 1. The first-order chi connectivity index (χ1) is 4.22. The van der Waals surface area contributed by atoms with E-state index in [0.29, 0.717) is 0 Å². The third-order valence-electron chi connectivity index (χ3n) is 1.36. The molecule has 0 saturated heterocycles. The summed E-state index contributed by atoms with van der Waals surface area (Å²) >= 11 is 0. The zero-order chi connectivity index (χ0) is 6.85. The average Bonchev–Trinajstić information content (AvgIpc) is 1.83. The molecule has 1 atom stereocenters. The maximum Gasteiger partial charge on any atom is 0.0389 e. The minimum Gasteiger partial charge on any atom is -0.398 e. The van der Waals surface area contributed by atoms with Crippen molar-refractivity contribution in [3.8, 4) is 0 Å². The molecule has 0 saturated carbocycles. The second kappa shape index (κ2) is 2.36. The van der Waals surface area contributed by atoms with Gasteiger partial charge in [0.2, 0.25) is 0 Å². The number of rotatable bonds is 0. The van der Waals surface area contributed by atoms with Crippen LogP contribution in [0.3, 0.4) is 0 Å². The molecule has 9 heavy (non-hydrogen) atoms. The zero-order valence-electron chi connectivity index (χ0n) is 5.39. The number of nitrogen functional groups attached to an aromatic ring is 1. The first kappa shape index (κ1) is 6.57. The maximum atomic E-state index is 5.60. The van der Waals surface area contributed by atoms with Crippen molar-refractivity contribution < 1.29 is 0 Å². The van der Waals surface area contributed by atoms with Crippen molar-refractivity contribution in [3.05, 3.63) is 23.8 Å². The van der Waals surface area contributed by atoms with Gasteiger partial charge in [-0.15, -0.1) is 9.24 Å². The van der Waals surface area contributed by atoms with E-state index in [1.165, 1.54) is 5.56 Å². The molecule has 0 fully saturated rings. The predicted molar refractivity (Wildman–Crippen MR) is 44.9 cm³/mol. The molecule has 1 nitrogen and oxygen atoms in total. The smallest absolute Gasteiger partial charge is 0.0389 e. The highest BCUT2D eigenvalue weighted by Gasteiger charge is 1.92. The zero-order valence-corrected chi connectivity index (χ0v) is 6.54. The van der Waals surface area contributed by atoms with E-state index in [0.717, 1.165) is 11.0 Å². The highest BCUT2D eigenvalue weighted by molar-refractivity contribution is 7.28. The van der Waals surface area contributed by atoms with Crippen LogP contribution in [0.15, 0.2) is 18.2 Å². The van der Waals surface area contributed by atoms with E-state index in [4.69, 9.17) is 5.73 Å². The summed E-state index contributed by atoms with van der Waals surface area (Å²) in [6.07, 6.45) is 0. The van der Waals surface area contributed by atoms with E-state index >= 15 is 0 Å². The Morgan fingerprint density at radius 3 is 2.56 bits per heavy atom. The van der Waals surface area contributed by atoms with E-state index < -0.39 is 0 Å². The van der Waals surface area contributed by atoms with E-state index in [2.05, 4.69) is 9.24 Å². The van der Waals surface area contributed by atoms with Gasteiger partial charge >= 0.3 is 0 Å². The Balaban J connectivity index is 3.25. The fourth-order valence-electron chi connectivity index (χ4n) is 0.703. The summed E-state index contributed by atoms with van der Waals surface area (Å²) in [6.45, 7) is 2.04. The first-order valence-electron chi connectivity index (χ1n) is 2.82. The first-order valence-corrected chi connectivity index (χ1v) is 3.40. The Labute approximate surface area is 57.5 Å². The second-order valence-corrected chi connectivity index (χ2v) is 2.66. The van der Waals surface area contributed by atoms with Gasteiger partial charge in [-0.3, -0.25) is 0 Å². The van der Waals surface area contributed by atoms with Crippen LogP contribution >= 0.6 is 9.24 Å². The van der Waals surface area contributed by atoms with E-state index in [-0.39, 0.29) is 0 Å². The van der Waals surface area contributed by atoms with Crippen LogP contribution < -0.4 is 11.0 Å². The van der Waals surface area contributed by atoms with E-state index in [1.54, 1.807) is 0 Å². The highest BCUT2D eigenvalue weighted by atomic mass is 31.0. The van der Waals surface area contributed by atoms with Crippen molar-refractivity contribution in [2.24, 2.45) is 0 Å². The SMILES string of the molecule is Cc1cccc(N)c1P. The molecule has 1 aromatic rings. The van der Waals surface area contributed by atoms with Crippen LogP contribution in [-0.4, -0.2) is 0 Å². The van der Waals surface area contributed by atoms with Crippen molar-refractivity contribution in [2.45, 2.75) is 6.92 Å². The molecule has 0 aliphatic heterocycles. The third kappa shape index (κ3) is 1.22. The molecule has 0 amide bonds. The van der Waals surface area contributed by atoms with Crippen LogP contribution in [0.2, 0.25) is 0 Å². The molecular formula is C7H10NP. The largest absolute Gasteiger partial charge is 0.398 e. The molecule has 1 unspecified atom stereocenters. The summed E-state index contributed by atoms with van der Waals surface area (Å²) in [6, 6.07) is 5.90. The van der Waals surface area contributed by atoms with Gasteiger partial charge in [-0.1, -0.05) is 12.1 Å². The van der Waals surface area contributed by atoms with Gasteiger partial charge in [-0.05, 0) is 23.9 Å². The van der Waals surface area contributed by atoms with Crippen LogP contribution in [0.25, 0.3) is 0 Å². The Bertz CT molecular complexity index is 200. The maximum absolute atomic E-state index is 5.60. The minimum atomic E-state index is 0.847. The summed E-state index contributed by atoms with van der Waals surface area (Å²) in [5.74, 6) is 0. The minimum absolute atomic E-state index is 0.847. The van der Waals surface area contributed by atoms with Crippen molar-refractivity contribution in [1.82, 2.24) is 0 Å². The fourth-order valence-corrected chi connectivity index (χ4v) is 0.896. The molecule has 2 heteroatoms. The van der Waals surface area contributed by atoms with Crippen molar-refractivity contribution in [2.75, 3.05) is 5.73 Å². The molecule has 0 bridgehead atoms. The van der Waals surface area contributed by atoms with Crippen molar-refractivity contribution >= 4 is 20.2 Å². The highest BCUT2D eigenvalue weighted by Crippen LogP contribution is 2.05. The number of nitrogens with two attached hydrogens (primary N) is 1. The number of benzene rings is 1. The number of hydrogen-bond acceptors (Lipinski definition) is 1. The van der Waals surface area contributed by atoms with Gasteiger partial charge < -0.3 is 5.73 Å². The standard InChI is InChI=1S/C7H10NP/c1-5-3-2-4-6(8)7(5)9/h2-4H,8-9H2,1H3. The van der Waals surface area contributed by atoms with Crippen LogP contribution in [-0.2, 0) is 0 Å². The Morgan fingerprint density at radius 1 is 1.44 bits per heavy atom. The lowest BCUT2D eigenvalue weighted by Crippen LogP contribution is -2.03. The van der Waals surface area contributed by atoms with Crippen LogP contribution in [0.5, 0.6) is 0 Å². The predicted octanol–water partition coefficient (Wildman–Crippen LogP) is 1.08. The second-order valence-electron chi connectivity index (χ2n) is 2.08. The molecule has 48 valence electrons. The van der Waals surface area contributed by atoms with Crippen molar-refractivity contribution in [3.63, 3.8) is 0 Å². The van der Waals surface area contributed by atoms with Gasteiger partial charge in [0.25, 0.3) is 0 Å². The lowest BCUT2D eigenvalue weighted by molar-refractivity contribution is 1.52. The van der Waals surface area contributed by atoms with Crippen LogP contribution in [0.1, 0.15) is 5.56 Å². The molecular weight excluding hydrogens is 129 g/mol. The molecule has 0 aliphatic rings. The normalized spacial score (nSPS) is 9.56. The molecule has 0 spiro atoms. The Hall–Kier alpha value is -0.550. The number of anilines is 1. The van der Waals surface area contributed by atoms with Crippen LogP contribution in [0, 0.1) is 6.92 Å². The summed E-state index contributed by atoms with van der Waals surface area (Å²) < 4.78 is 0. The molecule has 0 heterocycles. The van der Waals surface area contributed by atoms with Gasteiger partial charge in [0.05, 0.1) is 0 Å². The van der Waals surface area contributed by atoms with Crippen molar-refractivity contribution in [1.29, 1.82) is 0 Å². The Morgan fingerprint density at radius 2 is 2.11 bits per heavy atom. The lowest BCUT2D eigenvalue weighted by Gasteiger charge is -2.00. The van der Waals surface area contributed by atoms with E-state index in [1.807, 2.05) is 25.1 Å². The summed E-state index contributed by atoms with van der Waals surface area (Å²) in [5, 5.41) is 1.11. The summed E-state index contributed by atoms with van der Waals surface area (Å²) in [5.41, 5.74) is 7.67. The molecule has 0 aromatic heterocycles. The van der Waals surface area contributed by atoms with Crippen LogP contribution in [0.4, 0.5) is 5.69 Å². The summed E-state index contributed by atoms with van der Waals surface area (Å²) in [4.78, 5) is 0. The molecule has 2 N–H and O–H groups in total. The molecule has 1 aromatic carbocycles. The molecule has 0 aliphatic carbocycles. The number of hydrogen-bond donors (Lipinski definition) is 1. The van der Waals surface area contributed by atoms with Gasteiger partial charge in [0.1, 0.15) is 0 Å². The molecule has 0 radical (unpaired) electrons. The Kier molecular flexibility index (Phi) is 1.73. The average molecular weight is 139 g/mol. The molecule has 1 rings (SSSR count). The third-order valence-corrected chi connectivity index (χ3v) is 2.15. The van der Waals surface area contributed by atoms with Gasteiger partial charge in [0.15, 0.2) is 0 Å². The van der Waals surface area contributed by atoms with Gasteiger partial charge in [-0.2, -0.15) is 0 Å². The van der Waals surface area contributed by atoms with Gasteiger partial charge in [-0.25, -0.2) is 0 Å². The van der Waals surface area contributed by atoms with E-state index in [9.17, 15) is 0 Å². The lowest BCUT2D eigenvalue weighted by atomic mass is 10.2. The fraction of sp³-hybridized carbons (Fsp3) is 0.143. The topological polar surface area (TPSA) is 26.0 Å². The van der Waals surface area contributed by atoms with Gasteiger partial charge in [0, 0.05) is 5.69 Å². The monoisotopic (exact) mass is 139 g/mol.